The van der Waals surface area contributed by atoms with Crippen molar-refractivity contribution >= 4 is 27.6 Å². The van der Waals surface area contributed by atoms with E-state index in [1.165, 1.54) is 41.3 Å². The summed E-state index contributed by atoms with van der Waals surface area (Å²) in [5, 5.41) is 10.0. The molecule has 5 rings (SSSR count). The van der Waals surface area contributed by atoms with Gasteiger partial charge in [-0.2, -0.15) is 0 Å². The van der Waals surface area contributed by atoms with Gasteiger partial charge in [0, 0.05) is 48.2 Å². The van der Waals surface area contributed by atoms with Crippen LogP contribution >= 0.6 is 0 Å². The maximum absolute atomic E-state index is 5.37. The molecule has 32 heavy (non-hydrogen) atoms. The maximum atomic E-state index is 5.37. The van der Waals surface area contributed by atoms with Gasteiger partial charge in [0.25, 0.3) is 0 Å². The van der Waals surface area contributed by atoms with Gasteiger partial charge in [0.05, 0.1) is 12.6 Å². The van der Waals surface area contributed by atoms with E-state index in [9.17, 15) is 0 Å². The number of hydrogen-bond acceptors (Lipinski definition) is 4. The normalized spacial score (nSPS) is 18.8. The first-order chi connectivity index (χ1) is 15.6. The zero-order chi connectivity index (χ0) is 22.1. The number of benzene rings is 2. The minimum Gasteiger partial charge on any atom is -0.497 e. The van der Waals surface area contributed by atoms with Gasteiger partial charge >= 0.3 is 0 Å². The van der Waals surface area contributed by atoms with E-state index in [4.69, 9.17) is 9.72 Å². The Morgan fingerprint density at radius 1 is 1.06 bits per heavy atom. The number of aromatic nitrogens is 2. The van der Waals surface area contributed by atoms with Crippen LogP contribution < -0.4 is 15.4 Å². The average molecular weight is 429 g/mol. The van der Waals surface area contributed by atoms with Crippen molar-refractivity contribution in [2.24, 2.45) is 7.05 Å². The summed E-state index contributed by atoms with van der Waals surface area (Å²) in [6.07, 6.45) is 7.02. The first kappa shape index (κ1) is 20.8. The smallest absolute Gasteiger partial charge is 0.127 e. The van der Waals surface area contributed by atoms with Gasteiger partial charge in [-0.25, -0.2) is 4.98 Å². The highest BCUT2D eigenvalue weighted by Gasteiger charge is 2.22. The fourth-order valence-electron chi connectivity index (χ4n) is 5.11. The summed E-state index contributed by atoms with van der Waals surface area (Å²) in [6, 6.07) is 17.9. The molecule has 166 valence electrons. The zero-order valence-corrected chi connectivity index (χ0v) is 19.2. The molecule has 2 unspecified atom stereocenters. The molecule has 5 nitrogen and oxygen atoms in total. The van der Waals surface area contributed by atoms with E-state index in [2.05, 4.69) is 71.8 Å². The molecule has 2 aromatic heterocycles. The second-order valence-electron chi connectivity index (χ2n) is 9.08. The van der Waals surface area contributed by atoms with Gasteiger partial charge in [-0.3, -0.25) is 0 Å². The predicted octanol–water partition coefficient (Wildman–Crippen LogP) is 5.56. The molecule has 1 aliphatic carbocycles. The number of aryl methyl sites for hydroxylation is 2. The van der Waals surface area contributed by atoms with Crippen molar-refractivity contribution in [3.63, 3.8) is 0 Å². The van der Waals surface area contributed by atoms with Gasteiger partial charge in [-0.05, 0) is 74.1 Å². The first-order valence-electron chi connectivity index (χ1n) is 11.6. The van der Waals surface area contributed by atoms with Gasteiger partial charge in [-0.1, -0.05) is 18.2 Å². The highest BCUT2D eigenvalue weighted by atomic mass is 16.5. The molecule has 2 atom stereocenters. The predicted molar refractivity (Wildman–Crippen MR) is 132 cm³/mol. The van der Waals surface area contributed by atoms with E-state index in [-0.39, 0.29) is 0 Å². The fourth-order valence-corrected chi connectivity index (χ4v) is 5.11. The highest BCUT2D eigenvalue weighted by Crippen LogP contribution is 2.27. The summed E-state index contributed by atoms with van der Waals surface area (Å²) in [6.45, 7) is 3.05. The molecule has 1 fully saturated rings. The molecule has 0 spiro atoms. The number of nitrogens with one attached hydrogen (secondary N) is 2. The Kier molecular flexibility index (Phi) is 5.75. The Labute approximate surface area is 189 Å². The van der Waals surface area contributed by atoms with Crippen molar-refractivity contribution in [3.05, 3.63) is 65.9 Å². The van der Waals surface area contributed by atoms with Crippen LogP contribution in [0.3, 0.4) is 0 Å². The average Bonchev–Trinajstić information content (AvgIpc) is 3.13. The molecule has 0 saturated heterocycles. The number of rotatable bonds is 6. The number of para-hydroxylation sites is 1. The Balaban J connectivity index is 1.25. The van der Waals surface area contributed by atoms with E-state index in [0.29, 0.717) is 12.1 Å². The van der Waals surface area contributed by atoms with E-state index >= 15 is 0 Å². The lowest BCUT2D eigenvalue weighted by atomic mass is 9.90. The number of hydrogen-bond donors (Lipinski definition) is 2. The lowest BCUT2D eigenvalue weighted by Gasteiger charge is -2.31. The number of ether oxygens (including phenoxy) is 1. The SMILES string of the molecule is COc1ccc2nc(NC3CCCC(NCc4cn(C)c5ccccc45)C3)cc(C)c2c1. The molecule has 0 bridgehead atoms. The Morgan fingerprint density at radius 3 is 2.78 bits per heavy atom. The molecule has 4 aromatic rings. The monoisotopic (exact) mass is 428 g/mol. The summed E-state index contributed by atoms with van der Waals surface area (Å²) in [5.74, 6) is 1.84. The van der Waals surface area contributed by atoms with Gasteiger partial charge < -0.3 is 19.9 Å². The molecular weight excluding hydrogens is 396 g/mol. The molecule has 2 aromatic carbocycles. The lowest BCUT2D eigenvalue weighted by molar-refractivity contribution is 0.350. The van der Waals surface area contributed by atoms with Crippen LogP contribution in [-0.4, -0.2) is 28.7 Å². The van der Waals surface area contributed by atoms with Crippen molar-refractivity contribution in [3.8, 4) is 5.75 Å². The molecule has 1 saturated carbocycles. The van der Waals surface area contributed by atoms with E-state index < -0.39 is 0 Å². The van der Waals surface area contributed by atoms with E-state index in [0.717, 1.165) is 35.4 Å². The van der Waals surface area contributed by atoms with Crippen LogP contribution in [-0.2, 0) is 13.6 Å². The Morgan fingerprint density at radius 2 is 1.91 bits per heavy atom. The van der Waals surface area contributed by atoms with Gasteiger partial charge in [0.15, 0.2) is 0 Å². The molecular formula is C27H32N4O. The zero-order valence-electron chi connectivity index (χ0n) is 19.2. The summed E-state index contributed by atoms with van der Waals surface area (Å²) >= 11 is 0. The third kappa shape index (κ3) is 4.17. The Bertz CT molecular complexity index is 1250. The van der Waals surface area contributed by atoms with Crippen molar-refractivity contribution < 1.29 is 4.74 Å². The quantitative estimate of drug-likeness (QED) is 0.422. The highest BCUT2D eigenvalue weighted by molar-refractivity contribution is 5.85. The minimum atomic E-state index is 0.441. The van der Waals surface area contributed by atoms with Crippen LogP contribution in [0.4, 0.5) is 5.82 Å². The van der Waals surface area contributed by atoms with Crippen molar-refractivity contribution in [2.75, 3.05) is 12.4 Å². The van der Waals surface area contributed by atoms with Crippen LogP contribution in [0.15, 0.2) is 54.7 Å². The summed E-state index contributed by atoms with van der Waals surface area (Å²) < 4.78 is 7.59. The second-order valence-corrected chi connectivity index (χ2v) is 9.08. The molecule has 5 heteroatoms. The molecule has 2 heterocycles. The largest absolute Gasteiger partial charge is 0.497 e. The standard InChI is InChI=1S/C27H32N4O/c1-18-13-27(30-25-12-11-22(32-3)15-24(18)25)29-21-8-6-7-20(14-21)28-16-19-17-31(2)26-10-5-4-9-23(19)26/h4-5,9-13,15,17,20-21,28H,6-8,14,16H2,1-3H3,(H,29,30). The number of pyridine rings is 1. The van der Waals surface area contributed by atoms with Crippen LogP contribution in [0.5, 0.6) is 5.75 Å². The lowest BCUT2D eigenvalue weighted by Crippen LogP contribution is -2.38. The second kappa shape index (κ2) is 8.83. The van der Waals surface area contributed by atoms with Crippen molar-refractivity contribution in [2.45, 2.75) is 51.2 Å². The molecule has 0 amide bonds. The summed E-state index contributed by atoms with van der Waals surface area (Å²) in [5.41, 5.74) is 4.90. The third-order valence-corrected chi connectivity index (χ3v) is 6.81. The van der Waals surface area contributed by atoms with Gasteiger partial charge in [-0.15, -0.1) is 0 Å². The number of fused-ring (bicyclic) bond motifs is 2. The first-order valence-corrected chi connectivity index (χ1v) is 11.6. The van der Waals surface area contributed by atoms with Gasteiger partial charge in [0.1, 0.15) is 11.6 Å². The van der Waals surface area contributed by atoms with Crippen LogP contribution in [0.1, 0.15) is 36.8 Å². The number of methoxy groups -OCH3 is 1. The Hall–Kier alpha value is -3.05. The van der Waals surface area contributed by atoms with Crippen molar-refractivity contribution in [1.29, 1.82) is 0 Å². The number of nitrogens with zero attached hydrogens (tertiary/aromatic N) is 2. The summed E-state index contributed by atoms with van der Waals surface area (Å²) in [4.78, 5) is 4.87. The van der Waals surface area contributed by atoms with Crippen LogP contribution in [0.2, 0.25) is 0 Å². The van der Waals surface area contributed by atoms with Crippen molar-refractivity contribution in [1.82, 2.24) is 14.9 Å². The minimum absolute atomic E-state index is 0.441. The third-order valence-electron chi connectivity index (χ3n) is 6.81. The molecule has 0 aliphatic heterocycles. The fraction of sp³-hybridized carbons (Fsp3) is 0.370. The molecule has 0 radical (unpaired) electrons. The van der Waals surface area contributed by atoms with E-state index in [1.54, 1.807) is 7.11 Å². The van der Waals surface area contributed by atoms with Crippen LogP contribution in [0, 0.1) is 6.92 Å². The van der Waals surface area contributed by atoms with Crippen LogP contribution in [0.25, 0.3) is 21.8 Å². The topological polar surface area (TPSA) is 51.1 Å². The summed E-state index contributed by atoms with van der Waals surface area (Å²) in [7, 11) is 3.83. The molecule has 1 aliphatic rings. The van der Waals surface area contributed by atoms with Gasteiger partial charge in [0.2, 0.25) is 0 Å². The number of anilines is 1. The maximum Gasteiger partial charge on any atom is 0.127 e. The molecule has 2 N–H and O–H groups in total. The van der Waals surface area contributed by atoms with E-state index in [1.807, 2.05) is 12.1 Å².